The molecule has 1 fully saturated rings. The largest absolute Gasteiger partial charge is 0.395 e. The van der Waals surface area contributed by atoms with Crippen LogP contribution in [0.25, 0.3) is 0 Å². The second-order valence-electron chi connectivity index (χ2n) is 6.26. The Hall–Kier alpha value is -0.910. The third-order valence-electron chi connectivity index (χ3n) is 4.62. The molecule has 116 valence electrons. The predicted octanol–water partition coefficient (Wildman–Crippen LogP) is 1.62. The van der Waals surface area contributed by atoms with Crippen LogP contribution in [0.1, 0.15) is 33.5 Å². The molecule has 0 bridgehead atoms. The minimum Gasteiger partial charge on any atom is -0.395 e. The maximum Gasteiger partial charge on any atom is 0.264 e. The van der Waals surface area contributed by atoms with Crippen molar-refractivity contribution in [3.05, 3.63) is 21.4 Å². The van der Waals surface area contributed by atoms with Crippen LogP contribution in [0, 0.1) is 5.92 Å². The zero-order chi connectivity index (χ0) is 14.8. The number of amides is 1. The van der Waals surface area contributed by atoms with Crippen LogP contribution in [0.4, 0.5) is 0 Å². The van der Waals surface area contributed by atoms with Crippen LogP contribution in [0.3, 0.4) is 0 Å². The van der Waals surface area contributed by atoms with Crippen molar-refractivity contribution in [1.82, 2.24) is 9.80 Å². The minimum atomic E-state index is 0.198. The van der Waals surface area contributed by atoms with E-state index in [9.17, 15) is 4.79 Å². The van der Waals surface area contributed by atoms with Gasteiger partial charge in [-0.15, -0.1) is 11.3 Å². The van der Waals surface area contributed by atoms with Crippen molar-refractivity contribution in [3.63, 3.8) is 0 Å². The lowest BCUT2D eigenvalue weighted by molar-refractivity contribution is 0.0619. The molecule has 1 saturated heterocycles. The first kappa shape index (κ1) is 15.0. The van der Waals surface area contributed by atoms with Gasteiger partial charge in [0, 0.05) is 37.6 Å². The summed E-state index contributed by atoms with van der Waals surface area (Å²) >= 11 is 1.71. The van der Waals surface area contributed by atoms with Crippen molar-refractivity contribution in [3.8, 4) is 0 Å². The summed E-state index contributed by atoms with van der Waals surface area (Å²) in [4.78, 5) is 19.2. The second-order valence-corrected chi connectivity index (χ2v) is 7.40. The third kappa shape index (κ3) is 3.30. The summed E-state index contributed by atoms with van der Waals surface area (Å²) in [6.45, 7) is 6.50. The van der Waals surface area contributed by atoms with Crippen LogP contribution >= 0.6 is 11.3 Å². The lowest BCUT2D eigenvalue weighted by atomic mass is 9.90. The van der Waals surface area contributed by atoms with E-state index in [1.807, 2.05) is 4.90 Å². The van der Waals surface area contributed by atoms with E-state index in [0.717, 1.165) is 49.8 Å². The lowest BCUT2D eigenvalue weighted by Gasteiger charge is -2.34. The molecule has 2 heterocycles. The first-order valence-corrected chi connectivity index (χ1v) is 8.73. The van der Waals surface area contributed by atoms with Gasteiger partial charge < -0.3 is 10.0 Å². The average Bonchev–Trinajstić information content (AvgIpc) is 2.90. The van der Waals surface area contributed by atoms with Crippen LogP contribution in [0.5, 0.6) is 0 Å². The fourth-order valence-electron chi connectivity index (χ4n) is 3.28. The fourth-order valence-corrected chi connectivity index (χ4v) is 4.46. The third-order valence-corrected chi connectivity index (χ3v) is 5.84. The number of piperazine rings is 1. The Morgan fingerprint density at radius 3 is 2.86 bits per heavy atom. The van der Waals surface area contributed by atoms with E-state index in [1.165, 1.54) is 16.9 Å². The van der Waals surface area contributed by atoms with E-state index < -0.39 is 0 Å². The minimum absolute atomic E-state index is 0.198. The maximum absolute atomic E-state index is 12.6. The van der Waals surface area contributed by atoms with E-state index in [2.05, 4.69) is 17.9 Å². The van der Waals surface area contributed by atoms with Crippen LogP contribution in [-0.4, -0.2) is 60.1 Å². The SMILES string of the molecule is CC1CCc2sc(C(=O)N3CCN(CCO)CC3)cc2C1. The highest BCUT2D eigenvalue weighted by molar-refractivity contribution is 7.14. The van der Waals surface area contributed by atoms with Crippen LogP contribution in [0.2, 0.25) is 0 Å². The Labute approximate surface area is 130 Å². The van der Waals surface area contributed by atoms with E-state index in [0.29, 0.717) is 6.54 Å². The van der Waals surface area contributed by atoms with Gasteiger partial charge >= 0.3 is 0 Å². The Kier molecular flexibility index (Phi) is 4.62. The first-order valence-electron chi connectivity index (χ1n) is 7.91. The first-order chi connectivity index (χ1) is 10.2. The molecule has 1 unspecified atom stereocenters. The number of aliphatic hydroxyl groups is 1. The van der Waals surface area contributed by atoms with Gasteiger partial charge in [-0.2, -0.15) is 0 Å². The number of hydrogen-bond acceptors (Lipinski definition) is 4. The van der Waals surface area contributed by atoms with Crippen LogP contribution in [0.15, 0.2) is 6.07 Å². The Bertz CT molecular complexity index is 506. The average molecular weight is 308 g/mol. The molecular weight excluding hydrogens is 284 g/mol. The van der Waals surface area contributed by atoms with Gasteiger partial charge in [-0.05, 0) is 36.8 Å². The van der Waals surface area contributed by atoms with Gasteiger partial charge in [-0.3, -0.25) is 9.69 Å². The summed E-state index contributed by atoms with van der Waals surface area (Å²) in [5, 5.41) is 8.97. The number of nitrogens with zero attached hydrogens (tertiary/aromatic N) is 2. The maximum atomic E-state index is 12.6. The van der Waals surface area contributed by atoms with Crippen molar-refractivity contribution in [2.75, 3.05) is 39.3 Å². The molecule has 1 atom stereocenters. The molecule has 2 aliphatic rings. The molecule has 1 aromatic rings. The molecule has 5 heteroatoms. The molecule has 3 rings (SSSR count). The molecule has 0 aromatic carbocycles. The normalized spacial score (nSPS) is 23.1. The molecule has 1 aliphatic heterocycles. The van der Waals surface area contributed by atoms with Crippen LogP contribution < -0.4 is 0 Å². The van der Waals surface area contributed by atoms with Gasteiger partial charge in [-0.25, -0.2) is 0 Å². The van der Waals surface area contributed by atoms with Crippen molar-refractivity contribution in [2.24, 2.45) is 5.92 Å². The number of thiophene rings is 1. The number of β-amino-alcohol motifs (C(OH)–C–C–N with tert-alkyl or cyclic N) is 1. The van der Waals surface area contributed by atoms with Gasteiger partial charge in [0.1, 0.15) is 0 Å². The molecule has 4 nitrogen and oxygen atoms in total. The number of aryl methyl sites for hydroxylation is 1. The highest BCUT2D eigenvalue weighted by Gasteiger charge is 2.25. The zero-order valence-electron chi connectivity index (χ0n) is 12.7. The van der Waals surface area contributed by atoms with Crippen molar-refractivity contribution < 1.29 is 9.90 Å². The second kappa shape index (κ2) is 6.46. The number of aliphatic hydroxyl groups excluding tert-OH is 1. The number of carbonyl (C=O) groups excluding carboxylic acids is 1. The van der Waals surface area contributed by atoms with Gasteiger partial charge in [0.05, 0.1) is 11.5 Å². The molecule has 1 N–H and O–H groups in total. The van der Waals surface area contributed by atoms with E-state index in [1.54, 1.807) is 11.3 Å². The molecule has 0 spiro atoms. The molecule has 1 aliphatic carbocycles. The number of carbonyl (C=O) groups is 1. The van der Waals surface area contributed by atoms with Crippen molar-refractivity contribution in [2.45, 2.75) is 26.2 Å². The summed E-state index contributed by atoms with van der Waals surface area (Å²) in [7, 11) is 0. The van der Waals surface area contributed by atoms with Crippen molar-refractivity contribution >= 4 is 17.2 Å². The highest BCUT2D eigenvalue weighted by atomic mass is 32.1. The van der Waals surface area contributed by atoms with E-state index in [-0.39, 0.29) is 12.5 Å². The highest BCUT2D eigenvalue weighted by Crippen LogP contribution is 2.32. The van der Waals surface area contributed by atoms with Gasteiger partial charge in [0.2, 0.25) is 0 Å². The molecule has 1 amide bonds. The van der Waals surface area contributed by atoms with Gasteiger partial charge in [0.25, 0.3) is 5.91 Å². The number of fused-ring (bicyclic) bond motifs is 1. The Morgan fingerprint density at radius 2 is 2.14 bits per heavy atom. The quantitative estimate of drug-likeness (QED) is 0.923. The topological polar surface area (TPSA) is 43.8 Å². The van der Waals surface area contributed by atoms with Crippen LogP contribution in [-0.2, 0) is 12.8 Å². The zero-order valence-corrected chi connectivity index (χ0v) is 13.5. The van der Waals surface area contributed by atoms with Crippen molar-refractivity contribution in [1.29, 1.82) is 0 Å². The molecule has 0 radical (unpaired) electrons. The monoisotopic (exact) mass is 308 g/mol. The predicted molar refractivity (Wildman–Crippen MR) is 84.9 cm³/mol. The summed E-state index contributed by atoms with van der Waals surface area (Å²) in [5.74, 6) is 0.947. The molecular formula is C16H24N2O2S. The van der Waals surface area contributed by atoms with Gasteiger partial charge in [0.15, 0.2) is 0 Å². The molecule has 0 saturated carbocycles. The van der Waals surface area contributed by atoms with E-state index in [4.69, 9.17) is 5.11 Å². The lowest BCUT2D eigenvalue weighted by Crippen LogP contribution is -2.49. The molecule has 1 aromatic heterocycles. The summed E-state index contributed by atoms with van der Waals surface area (Å²) < 4.78 is 0. The smallest absolute Gasteiger partial charge is 0.264 e. The molecule has 21 heavy (non-hydrogen) atoms. The summed E-state index contributed by atoms with van der Waals surface area (Å²) in [6, 6.07) is 2.14. The summed E-state index contributed by atoms with van der Waals surface area (Å²) in [5.41, 5.74) is 1.40. The standard InChI is InChI=1S/C16H24N2O2S/c1-12-2-3-14-13(10-12)11-15(21-14)16(20)18-6-4-17(5-7-18)8-9-19/h11-12,19H,2-10H2,1H3. The van der Waals surface area contributed by atoms with E-state index >= 15 is 0 Å². The number of hydrogen-bond donors (Lipinski definition) is 1. The summed E-state index contributed by atoms with van der Waals surface area (Å²) in [6.07, 6.45) is 3.52. The Balaban J connectivity index is 1.64. The number of rotatable bonds is 3. The van der Waals surface area contributed by atoms with Gasteiger partial charge in [-0.1, -0.05) is 6.92 Å². The Morgan fingerprint density at radius 1 is 1.38 bits per heavy atom. The fraction of sp³-hybridized carbons (Fsp3) is 0.688.